The number of nitrogen functional groups attached to an aromatic ring is 1. The van der Waals surface area contributed by atoms with Crippen LogP contribution in [0.2, 0.25) is 0 Å². The lowest BCUT2D eigenvalue weighted by Crippen LogP contribution is -2.37. The molecule has 21 rings (SSSR count). The Kier molecular flexibility index (Phi) is 29.6. The van der Waals surface area contributed by atoms with Crippen LogP contribution in [0.4, 0.5) is 85.3 Å². The quantitative estimate of drug-likeness (QED) is 0.0136. The molecule has 16 heteroatoms. The van der Waals surface area contributed by atoms with Crippen LogP contribution < -0.4 is 36.7 Å². The summed E-state index contributed by atoms with van der Waals surface area (Å²) in [7, 11) is 0. The minimum Gasteiger partial charge on any atom is -0.576 e. The molecule has 0 unspecified atom stereocenters. The molecule has 0 saturated carbocycles. The van der Waals surface area contributed by atoms with Crippen LogP contribution in [0.25, 0.3) is 68.1 Å². The van der Waals surface area contributed by atoms with Gasteiger partial charge < -0.3 is 36.7 Å². The molecule has 0 spiro atoms. The van der Waals surface area contributed by atoms with Crippen molar-refractivity contribution in [1.82, 2.24) is 15.0 Å². The molecule has 0 aliphatic heterocycles. The summed E-state index contributed by atoms with van der Waals surface area (Å²) in [5.41, 5.74) is 30.6. The molecule has 0 atom stereocenters. The molecule has 0 radical (unpaired) electrons. The van der Waals surface area contributed by atoms with E-state index >= 15 is 0 Å². The van der Waals surface area contributed by atoms with E-state index in [0.717, 1.165) is 129 Å². The largest absolute Gasteiger partial charge is 1.20 e. The maximum absolute atomic E-state index is 10.6. The molecule has 0 amide bonds. The Balaban J connectivity index is 0.000000128. The molecular weight excluding hydrogens is 1710 g/mol. The van der Waals surface area contributed by atoms with Crippen molar-refractivity contribution in [3.05, 3.63) is 560 Å². The lowest BCUT2D eigenvalue weighted by Gasteiger charge is -2.26. The van der Waals surface area contributed by atoms with E-state index in [1.54, 1.807) is 61.2 Å². The monoisotopic (exact) mass is 1800 g/mol. The number of fused-ring (bicyclic) bond motifs is 3. The molecule has 3 heterocycles. The number of benzene rings is 18. The van der Waals surface area contributed by atoms with Crippen molar-refractivity contribution in [2.75, 3.05) is 25.3 Å². The van der Waals surface area contributed by atoms with Crippen LogP contribution >= 0.6 is 0 Å². The van der Waals surface area contributed by atoms with Gasteiger partial charge in [0.1, 0.15) is 33.8 Å². The SMILES string of the molecule is C(=Cc1ccc(N(c2ccccc2)c2ccccc2)cc1)c1ccc(C=Cc2ccc(N(c3ccccc3)c3ccccc3)cc2)cc1.Nc1ccc(N=Cc2cccc([N+](=O)[O-])c2)cc1.c1ccc(N(c2ccccc2)c2ccc(-c3ccc(N(c4ccccc4)c4ccccc4)cc3)cc2)cc1.c1cnc2c([O][Al]([O]c3cccc4cccnc34)[O]c3cccc4cccnc34)cccc2c1. The molecule has 0 fully saturated rings. The van der Waals surface area contributed by atoms with Crippen molar-refractivity contribution in [2.24, 2.45) is 4.99 Å². The van der Waals surface area contributed by atoms with E-state index in [9.17, 15) is 10.1 Å². The van der Waals surface area contributed by atoms with Gasteiger partial charge in [-0.15, -0.1) is 0 Å². The van der Waals surface area contributed by atoms with Gasteiger partial charge in [-0.1, -0.05) is 309 Å². The normalized spacial score (nSPS) is 10.9. The number of non-ortho nitro benzene ring substituents is 1. The number of hydrogen-bond acceptors (Lipinski definition) is 14. The first-order valence-corrected chi connectivity index (χ1v) is 46.7. The number of anilines is 13. The average molecular weight is 1810 g/mol. The second-order valence-corrected chi connectivity index (χ2v) is 33.3. The van der Waals surface area contributed by atoms with Gasteiger partial charge in [-0.05, 0) is 245 Å². The number of nitro groups is 1. The Labute approximate surface area is 808 Å². The van der Waals surface area contributed by atoms with Gasteiger partial charge in [0.25, 0.3) is 5.69 Å². The summed E-state index contributed by atoms with van der Waals surface area (Å²) in [6.45, 7) is 0. The zero-order valence-corrected chi connectivity index (χ0v) is 76.4. The molecule has 0 bridgehead atoms. The van der Waals surface area contributed by atoms with E-state index < -0.39 is 20.1 Å². The van der Waals surface area contributed by atoms with E-state index in [1.165, 1.54) is 23.3 Å². The summed E-state index contributed by atoms with van der Waals surface area (Å²) in [4.78, 5) is 37.0. The number of nitro benzene ring substituents is 1. The van der Waals surface area contributed by atoms with Crippen molar-refractivity contribution in [1.29, 1.82) is 0 Å². The van der Waals surface area contributed by atoms with Crippen LogP contribution in [0, 0.1) is 10.1 Å². The first-order valence-electron chi connectivity index (χ1n) is 45.3. The van der Waals surface area contributed by atoms with E-state index in [4.69, 9.17) is 17.1 Å². The molecule has 138 heavy (non-hydrogen) atoms. The number of pyridine rings is 3. The summed E-state index contributed by atoms with van der Waals surface area (Å²) in [5.74, 6) is 1.82. The van der Waals surface area contributed by atoms with Crippen molar-refractivity contribution in [3.8, 4) is 28.4 Å². The van der Waals surface area contributed by atoms with Gasteiger partial charge >= 0.3 is 15.1 Å². The average Bonchev–Trinajstić information content (AvgIpc) is 0.917. The third-order valence-electron chi connectivity index (χ3n) is 22.7. The van der Waals surface area contributed by atoms with Gasteiger partial charge in [-0.2, -0.15) is 0 Å². The molecule has 15 nitrogen and oxygen atoms in total. The van der Waals surface area contributed by atoms with Gasteiger partial charge in [-0.25, -0.2) is 0 Å². The number of para-hydroxylation sites is 11. The highest BCUT2D eigenvalue weighted by molar-refractivity contribution is 6.40. The molecule has 3 aromatic heterocycles. The number of aliphatic imine (C=N–C) groups is 1. The Morgan fingerprint density at radius 1 is 0.261 bits per heavy atom. The fraction of sp³-hybridized carbons (Fsp3) is 0. The van der Waals surface area contributed by atoms with Crippen molar-refractivity contribution >= 4 is 164 Å². The van der Waals surface area contributed by atoms with Gasteiger partial charge in [0, 0.05) is 127 Å². The molecule has 0 aliphatic carbocycles. The molecule has 0 aliphatic rings. The van der Waals surface area contributed by atoms with Crippen LogP contribution in [-0.4, -0.2) is 41.2 Å². The lowest BCUT2D eigenvalue weighted by atomic mass is 10.0. The Morgan fingerprint density at radius 3 is 0.783 bits per heavy atom. The van der Waals surface area contributed by atoms with Crippen LogP contribution in [0.3, 0.4) is 0 Å². The minimum absolute atomic E-state index is 0.0521. The van der Waals surface area contributed by atoms with Gasteiger partial charge in [0.15, 0.2) is 0 Å². The topological polar surface area (TPSA) is 161 Å². The van der Waals surface area contributed by atoms with Crippen molar-refractivity contribution in [2.45, 2.75) is 0 Å². The van der Waals surface area contributed by atoms with Gasteiger partial charge in [-0.3, -0.25) is 30.1 Å². The Hall–Kier alpha value is -18.3. The first kappa shape index (κ1) is 90.2. The Bertz CT molecular complexity index is 6960. The third-order valence-corrected chi connectivity index (χ3v) is 24.0. The van der Waals surface area contributed by atoms with Gasteiger partial charge in [0.05, 0.1) is 10.6 Å². The van der Waals surface area contributed by atoms with Crippen LogP contribution in [0.1, 0.15) is 27.8 Å². The molecule has 2 N–H and O–H groups in total. The minimum atomic E-state index is -2.86. The second-order valence-electron chi connectivity index (χ2n) is 32.0. The van der Waals surface area contributed by atoms with Crippen LogP contribution in [-0.2, 0) is 0 Å². The molecule has 664 valence electrons. The fourth-order valence-corrected chi connectivity index (χ4v) is 17.2. The van der Waals surface area contributed by atoms with Gasteiger partial charge in [0.2, 0.25) is 0 Å². The van der Waals surface area contributed by atoms with E-state index in [-0.39, 0.29) is 5.69 Å². The number of aromatic nitrogens is 3. The van der Waals surface area contributed by atoms with E-state index in [0.29, 0.717) is 28.5 Å². The maximum Gasteiger partial charge on any atom is 1.20 e. The Morgan fingerprint density at radius 2 is 0.507 bits per heavy atom. The zero-order chi connectivity index (χ0) is 93.7. The van der Waals surface area contributed by atoms with Crippen molar-refractivity contribution in [3.63, 3.8) is 0 Å². The first-order chi connectivity index (χ1) is 68.2. The summed E-state index contributed by atoms with van der Waals surface area (Å²) >= 11 is -2.86. The molecular formula is C122H93AlN10O5. The number of hydrogen-bond donors (Lipinski definition) is 1. The van der Waals surface area contributed by atoms with Crippen LogP contribution in [0.15, 0.2) is 527 Å². The zero-order valence-electron chi connectivity index (χ0n) is 75.3. The second kappa shape index (κ2) is 45.2. The lowest BCUT2D eigenvalue weighted by molar-refractivity contribution is -0.384. The summed E-state index contributed by atoms with van der Waals surface area (Å²) < 4.78 is 19.2. The van der Waals surface area contributed by atoms with Crippen molar-refractivity contribution < 1.29 is 16.3 Å². The number of nitrogens with zero attached hydrogens (tertiary/aromatic N) is 9. The van der Waals surface area contributed by atoms with E-state index in [1.807, 2.05) is 91.0 Å². The fourth-order valence-electron chi connectivity index (χ4n) is 15.9. The number of nitrogens with two attached hydrogens (primary N) is 1. The highest BCUT2D eigenvalue weighted by atomic mass is 27.3. The highest BCUT2D eigenvalue weighted by Crippen LogP contribution is 2.42. The third kappa shape index (κ3) is 23.4. The van der Waals surface area contributed by atoms with Crippen LogP contribution in [0.5, 0.6) is 17.2 Å². The maximum atomic E-state index is 10.6. The predicted molar refractivity (Wildman–Crippen MR) is 572 cm³/mol. The molecule has 0 saturated heterocycles. The number of rotatable bonds is 26. The summed E-state index contributed by atoms with van der Waals surface area (Å²) in [6, 6.07) is 170. The standard InChI is InChI=1S/C46H36N2.C36H28N2.C13H11N3O2.3C9H7NO.Al/c1-5-13-41(14-6-1)47(42-15-7-2-8-16-42)45-33-29-39(30-34-45)27-25-37-21-23-38(24-22-37)26-28-40-31-35-46(36-32-40)48(43-17-9-3-10-18-43)44-19-11-4-12-20-44;1-5-13-31(14-6-1)37(32-15-7-2-8-16-32)35-25-21-29(22-26-35)30-23-27-36(28-24-30)38(33-17-9-3-10-18-33)34-19-11-4-12-20-34;14-11-4-6-12(7-5-11)15-9-10-2-1-3-13(8-10)16(17)18;3*11-8-5-1-3-7-4-2-6-10-9(7)8;/h1-36H;1-28H;1-9H,14H2;3*1-6,11H;/q;;;;;;+3/p-3. The summed E-state index contributed by atoms with van der Waals surface area (Å²) in [5, 5.41) is 13.5. The molecule has 18 aromatic carbocycles. The smallest absolute Gasteiger partial charge is 0.576 e. The summed E-state index contributed by atoms with van der Waals surface area (Å²) in [6.07, 6.45) is 15.5. The predicted octanol–water partition coefficient (Wildman–Crippen LogP) is 32.0. The molecule has 21 aromatic rings. The van der Waals surface area contributed by atoms with E-state index in [2.05, 4.69) is 428 Å². The highest BCUT2D eigenvalue weighted by Gasteiger charge is 2.46.